The predicted molar refractivity (Wildman–Crippen MR) is 61.6 cm³/mol. The molecule has 1 aromatic heterocycles. The summed E-state index contributed by atoms with van der Waals surface area (Å²) < 4.78 is 1.08. The zero-order valence-electron chi connectivity index (χ0n) is 8.20. The number of hydrogen-bond acceptors (Lipinski definition) is 3. The molecule has 2 heterocycles. The van der Waals surface area contributed by atoms with Gasteiger partial charge in [0.1, 0.15) is 5.82 Å². The number of rotatable bonds is 1. The fraction of sp³-hybridized carbons (Fsp3) is 0.500. The summed E-state index contributed by atoms with van der Waals surface area (Å²) in [4.78, 5) is 6.70. The van der Waals surface area contributed by atoms with E-state index in [2.05, 4.69) is 38.1 Å². The third-order valence-corrected chi connectivity index (χ3v) is 3.03. The van der Waals surface area contributed by atoms with Gasteiger partial charge in [0, 0.05) is 31.9 Å². The van der Waals surface area contributed by atoms with Crippen molar-refractivity contribution < 1.29 is 0 Å². The SMILES string of the molecule is C[C@H]1CN(c2ncccc2Br)CCN1. The standard InChI is InChI=1S/C10H14BrN3/c1-8-7-14(6-5-12-8)10-9(11)3-2-4-13-10/h2-4,8,12H,5-7H2,1H3/t8-/m0/s1. The zero-order valence-corrected chi connectivity index (χ0v) is 9.79. The largest absolute Gasteiger partial charge is 0.353 e. The van der Waals surface area contributed by atoms with Gasteiger partial charge in [-0.25, -0.2) is 4.98 Å². The maximum atomic E-state index is 4.39. The summed E-state index contributed by atoms with van der Waals surface area (Å²) in [6.07, 6.45) is 1.84. The van der Waals surface area contributed by atoms with Crippen LogP contribution in [0.3, 0.4) is 0 Å². The Hall–Kier alpha value is -0.610. The van der Waals surface area contributed by atoms with Gasteiger partial charge in [-0.2, -0.15) is 0 Å². The van der Waals surface area contributed by atoms with Gasteiger partial charge in [0.05, 0.1) is 4.47 Å². The van der Waals surface area contributed by atoms with E-state index in [1.807, 2.05) is 18.3 Å². The summed E-state index contributed by atoms with van der Waals surface area (Å²) in [5.41, 5.74) is 0. The molecule has 1 aromatic rings. The minimum Gasteiger partial charge on any atom is -0.353 e. The van der Waals surface area contributed by atoms with Crippen LogP contribution in [0.25, 0.3) is 0 Å². The quantitative estimate of drug-likeness (QED) is 0.828. The van der Waals surface area contributed by atoms with Gasteiger partial charge in [0.25, 0.3) is 0 Å². The first-order chi connectivity index (χ1) is 6.77. The Kier molecular flexibility index (Phi) is 3.03. The van der Waals surface area contributed by atoms with E-state index in [4.69, 9.17) is 0 Å². The minimum absolute atomic E-state index is 0.539. The second-order valence-electron chi connectivity index (χ2n) is 3.61. The third-order valence-electron chi connectivity index (χ3n) is 2.41. The molecule has 0 saturated carbocycles. The van der Waals surface area contributed by atoms with Crippen LogP contribution in [0.15, 0.2) is 22.8 Å². The van der Waals surface area contributed by atoms with Crippen molar-refractivity contribution in [3.63, 3.8) is 0 Å². The molecule has 0 amide bonds. The number of anilines is 1. The second kappa shape index (κ2) is 4.28. The van der Waals surface area contributed by atoms with Crippen molar-refractivity contribution in [2.75, 3.05) is 24.5 Å². The van der Waals surface area contributed by atoms with Crippen LogP contribution < -0.4 is 10.2 Å². The summed E-state index contributed by atoms with van der Waals surface area (Å²) >= 11 is 3.53. The highest BCUT2D eigenvalue weighted by Gasteiger charge is 2.18. The first kappa shape index (κ1) is 9.93. The Balaban J connectivity index is 2.18. The fourth-order valence-electron chi connectivity index (χ4n) is 1.73. The summed E-state index contributed by atoms with van der Waals surface area (Å²) in [6, 6.07) is 4.52. The van der Waals surface area contributed by atoms with Crippen LogP contribution in [0.2, 0.25) is 0 Å². The van der Waals surface area contributed by atoms with E-state index in [1.165, 1.54) is 0 Å². The number of nitrogens with one attached hydrogen (secondary N) is 1. The first-order valence-electron chi connectivity index (χ1n) is 4.86. The fourth-order valence-corrected chi connectivity index (χ4v) is 2.24. The van der Waals surface area contributed by atoms with Crippen molar-refractivity contribution in [2.24, 2.45) is 0 Å². The van der Waals surface area contributed by atoms with Crippen LogP contribution in [0, 0.1) is 0 Å². The Morgan fingerprint density at radius 1 is 1.64 bits per heavy atom. The molecule has 14 heavy (non-hydrogen) atoms. The van der Waals surface area contributed by atoms with Crippen LogP contribution in [-0.2, 0) is 0 Å². The molecular weight excluding hydrogens is 242 g/mol. The van der Waals surface area contributed by atoms with E-state index in [9.17, 15) is 0 Å². The van der Waals surface area contributed by atoms with E-state index in [1.54, 1.807) is 0 Å². The molecule has 0 aliphatic carbocycles. The lowest BCUT2D eigenvalue weighted by Crippen LogP contribution is -2.49. The van der Waals surface area contributed by atoms with Gasteiger partial charge in [0.15, 0.2) is 0 Å². The number of hydrogen-bond donors (Lipinski definition) is 1. The molecule has 1 aliphatic heterocycles. The lowest BCUT2D eigenvalue weighted by molar-refractivity contribution is 0.482. The van der Waals surface area contributed by atoms with Gasteiger partial charge in [-0.05, 0) is 35.0 Å². The van der Waals surface area contributed by atoms with Gasteiger partial charge in [-0.3, -0.25) is 0 Å². The normalized spacial score (nSPS) is 22.4. The summed E-state index contributed by atoms with van der Waals surface area (Å²) in [6.45, 7) is 5.28. The molecule has 2 rings (SSSR count). The number of halogens is 1. The lowest BCUT2D eigenvalue weighted by Gasteiger charge is -2.33. The molecule has 0 spiro atoms. The summed E-state index contributed by atoms with van der Waals surface area (Å²) in [5.74, 6) is 1.06. The van der Waals surface area contributed by atoms with E-state index in [0.29, 0.717) is 6.04 Å². The number of aromatic nitrogens is 1. The molecule has 76 valence electrons. The average Bonchev–Trinajstić information content (AvgIpc) is 2.18. The molecule has 1 fully saturated rings. The maximum absolute atomic E-state index is 4.39. The van der Waals surface area contributed by atoms with Crippen molar-refractivity contribution in [3.05, 3.63) is 22.8 Å². The van der Waals surface area contributed by atoms with Crippen molar-refractivity contribution >= 4 is 21.7 Å². The Morgan fingerprint density at radius 3 is 3.21 bits per heavy atom. The van der Waals surface area contributed by atoms with Crippen LogP contribution in [0.1, 0.15) is 6.92 Å². The van der Waals surface area contributed by atoms with Crippen molar-refractivity contribution in [2.45, 2.75) is 13.0 Å². The topological polar surface area (TPSA) is 28.2 Å². The molecule has 4 heteroatoms. The number of nitrogens with zero attached hydrogens (tertiary/aromatic N) is 2. The molecule has 0 bridgehead atoms. The first-order valence-corrected chi connectivity index (χ1v) is 5.65. The zero-order chi connectivity index (χ0) is 9.97. The highest BCUT2D eigenvalue weighted by molar-refractivity contribution is 9.10. The van der Waals surface area contributed by atoms with E-state index >= 15 is 0 Å². The third kappa shape index (κ3) is 2.07. The molecule has 0 unspecified atom stereocenters. The molecule has 1 aliphatic rings. The number of piperazine rings is 1. The minimum atomic E-state index is 0.539. The molecule has 1 saturated heterocycles. The molecular formula is C10H14BrN3. The van der Waals surface area contributed by atoms with Gasteiger partial charge in [-0.1, -0.05) is 0 Å². The monoisotopic (exact) mass is 255 g/mol. The Labute approximate surface area is 92.6 Å². The van der Waals surface area contributed by atoms with Gasteiger partial charge < -0.3 is 10.2 Å². The lowest BCUT2D eigenvalue weighted by atomic mass is 10.2. The molecule has 1 atom stereocenters. The van der Waals surface area contributed by atoms with E-state index in [0.717, 1.165) is 29.9 Å². The Morgan fingerprint density at radius 2 is 2.50 bits per heavy atom. The van der Waals surface area contributed by atoms with Crippen LogP contribution in [0.5, 0.6) is 0 Å². The summed E-state index contributed by atoms with van der Waals surface area (Å²) in [5, 5.41) is 3.42. The molecule has 1 N–H and O–H groups in total. The molecule has 0 radical (unpaired) electrons. The van der Waals surface area contributed by atoms with Crippen molar-refractivity contribution in [1.29, 1.82) is 0 Å². The average molecular weight is 256 g/mol. The predicted octanol–water partition coefficient (Wildman–Crippen LogP) is 1.64. The Bertz CT molecular complexity index is 316. The van der Waals surface area contributed by atoms with Crippen LogP contribution >= 0.6 is 15.9 Å². The van der Waals surface area contributed by atoms with Gasteiger partial charge in [0.2, 0.25) is 0 Å². The molecule has 0 aromatic carbocycles. The maximum Gasteiger partial charge on any atom is 0.142 e. The summed E-state index contributed by atoms with van der Waals surface area (Å²) in [7, 11) is 0. The van der Waals surface area contributed by atoms with E-state index in [-0.39, 0.29) is 0 Å². The highest BCUT2D eigenvalue weighted by atomic mass is 79.9. The number of pyridine rings is 1. The second-order valence-corrected chi connectivity index (χ2v) is 4.46. The van der Waals surface area contributed by atoms with Crippen LogP contribution in [0.4, 0.5) is 5.82 Å². The van der Waals surface area contributed by atoms with Gasteiger partial charge >= 0.3 is 0 Å². The van der Waals surface area contributed by atoms with Crippen molar-refractivity contribution in [3.8, 4) is 0 Å². The van der Waals surface area contributed by atoms with Gasteiger partial charge in [-0.15, -0.1) is 0 Å². The van der Waals surface area contributed by atoms with Crippen LogP contribution in [-0.4, -0.2) is 30.7 Å². The van der Waals surface area contributed by atoms with Crippen molar-refractivity contribution in [1.82, 2.24) is 10.3 Å². The molecule has 3 nitrogen and oxygen atoms in total. The smallest absolute Gasteiger partial charge is 0.142 e. The van der Waals surface area contributed by atoms with E-state index < -0.39 is 0 Å². The highest BCUT2D eigenvalue weighted by Crippen LogP contribution is 2.23.